The van der Waals surface area contributed by atoms with Crippen molar-refractivity contribution in [3.63, 3.8) is 0 Å². The molecule has 0 radical (unpaired) electrons. The third-order valence-corrected chi connectivity index (χ3v) is 3.99. The Balaban J connectivity index is 2.00. The SMILES string of the molecule is O=C(c1cc(=O)c2ccccc2o1)N1CCCCC1C(F)(F)F. The van der Waals surface area contributed by atoms with Gasteiger partial charge in [0.1, 0.15) is 11.6 Å². The molecule has 2 aromatic rings. The van der Waals surface area contributed by atoms with Crippen molar-refractivity contribution in [2.24, 2.45) is 0 Å². The third kappa shape index (κ3) is 2.95. The average Bonchev–Trinajstić information content (AvgIpc) is 2.53. The summed E-state index contributed by atoms with van der Waals surface area (Å²) >= 11 is 0. The number of para-hydroxylation sites is 1. The van der Waals surface area contributed by atoms with Crippen molar-refractivity contribution < 1.29 is 22.4 Å². The van der Waals surface area contributed by atoms with Crippen LogP contribution in [0.4, 0.5) is 13.2 Å². The number of nitrogens with zero attached hydrogens (tertiary/aromatic N) is 1. The zero-order valence-corrected chi connectivity index (χ0v) is 12.1. The number of benzene rings is 1. The van der Waals surface area contributed by atoms with Crippen LogP contribution in [0.25, 0.3) is 11.0 Å². The van der Waals surface area contributed by atoms with Crippen molar-refractivity contribution in [2.75, 3.05) is 6.54 Å². The van der Waals surface area contributed by atoms with E-state index < -0.39 is 23.6 Å². The lowest BCUT2D eigenvalue weighted by Crippen LogP contribution is -2.51. The van der Waals surface area contributed by atoms with E-state index in [0.29, 0.717) is 12.8 Å². The lowest BCUT2D eigenvalue weighted by atomic mass is 10.0. The number of likely N-dealkylation sites (tertiary alicyclic amines) is 1. The first kappa shape index (κ1) is 15.6. The van der Waals surface area contributed by atoms with E-state index in [4.69, 9.17) is 4.42 Å². The molecule has 1 aromatic heterocycles. The highest BCUT2D eigenvalue weighted by Gasteiger charge is 2.46. The zero-order chi connectivity index (χ0) is 16.6. The number of hydrogen-bond donors (Lipinski definition) is 0. The summed E-state index contributed by atoms with van der Waals surface area (Å²) in [5.74, 6) is -1.25. The van der Waals surface area contributed by atoms with E-state index in [9.17, 15) is 22.8 Å². The zero-order valence-electron chi connectivity index (χ0n) is 12.1. The summed E-state index contributed by atoms with van der Waals surface area (Å²) in [5.41, 5.74) is -0.264. The van der Waals surface area contributed by atoms with Crippen LogP contribution in [0.5, 0.6) is 0 Å². The number of carbonyl (C=O) groups excluding carboxylic acids is 1. The lowest BCUT2D eigenvalue weighted by Gasteiger charge is -2.36. The van der Waals surface area contributed by atoms with Crippen LogP contribution in [0, 0.1) is 0 Å². The summed E-state index contributed by atoms with van der Waals surface area (Å²) in [6.07, 6.45) is -3.72. The quantitative estimate of drug-likeness (QED) is 0.808. The predicted molar refractivity (Wildman–Crippen MR) is 77.2 cm³/mol. The van der Waals surface area contributed by atoms with Crippen molar-refractivity contribution in [1.29, 1.82) is 0 Å². The van der Waals surface area contributed by atoms with Gasteiger partial charge in [0.25, 0.3) is 5.91 Å². The van der Waals surface area contributed by atoms with Gasteiger partial charge in [-0.25, -0.2) is 0 Å². The van der Waals surface area contributed by atoms with Gasteiger partial charge in [-0.1, -0.05) is 12.1 Å². The predicted octanol–water partition coefficient (Wildman–Crippen LogP) is 3.35. The largest absolute Gasteiger partial charge is 0.451 e. The second-order valence-corrected chi connectivity index (χ2v) is 5.52. The molecule has 1 saturated heterocycles. The first-order valence-corrected chi connectivity index (χ1v) is 7.28. The minimum Gasteiger partial charge on any atom is -0.451 e. The van der Waals surface area contributed by atoms with Gasteiger partial charge in [-0.05, 0) is 31.4 Å². The molecular formula is C16H14F3NO3. The van der Waals surface area contributed by atoms with Crippen molar-refractivity contribution in [3.8, 4) is 0 Å². The Morgan fingerprint density at radius 2 is 1.96 bits per heavy atom. The molecule has 1 aliphatic rings. The Morgan fingerprint density at radius 3 is 2.70 bits per heavy atom. The summed E-state index contributed by atoms with van der Waals surface area (Å²) in [6, 6.07) is 5.44. The van der Waals surface area contributed by atoms with Crippen molar-refractivity contribution >= 4 is 16.9 Å². The number of piperidine rings is 1. The summed E-state index contributed by atoms with van der Waals surface area (Å²) in [4.78, 5) is 25.2. The molecule has 1 fully saturated rings. The number of rotatable bonds is 1. The summed E-state index contributed by atoms with van der Waals surface area (Å²) < 4.78 is 44.7. The van der Waals surface area contributed by atoms with Crippen LogP contribution in [-0.2, 0) is 0 Å². The summed E-state index contributed by atoms with van der Waals surface area (Å²) in [6.45, 7) is -0.000449. The standard InChI is InChI=1S/C16H14F3NO3/c17-16(18,19)14-7-3-4-8-20(14)15(22)13-9-11(21)10-5-1-2-6-12(10)23-13/h1-2,5-6,9,14H,3-4,7-8H2. The topological polar surface area (TPSA) is 50.5 Å². The van der Waals surface area contributed by atoms with Gasteiger partial charge in [-0.2, -0.15) is 13.2 Å². The van der Waals surface area contributed by atoms with E-state index >= 15 is 0 Å². The molecule has 0 spiro atoms. The summed E-state index contributed by atoms with van der Waals surface area (Å²) in [5, 5.41) is 0.287. The van der Waals surface area contributed by atoms with Gasteiger partial charge in [0.2, 0.25) is 0 Å². The third-order valence-electron chi connectivity index (χ3n) is 3.99. The van der Waals surface area contributed by atoms with E-state index in [1.165, 1.54) is 12.1 Å². The molecule has 2 heterocycles. The monoisotopic (exact) mass is 325 g/mol. The number of carbonyl (C=O) groups is 1. The van der Waals surface area contributed by atoms with Gasteiger partial charge in [0, 0.05) is 12.6 Å². The molecule has 122 valence electrons. The van der Waals surface area contributed by atoms with Gasteiger partial charge in [-0.15, -0.1) is 0 Å². The number of fused-ring (bicyclic) bond motifs is 1. The van der Waals surface area contributed by atoms with Gasteiger partial charge in [0.05, 0.1) is 5.39 Å². The van der Waals surface area contributed by atoms with Crippen molar-refractivity contribution in [3.05, 3.63) is 46.3 Å². The maximum absolute atomic E-state index is 13.1. The lowest BCUT2D eigenvalue weighted by molar-refractivity contribution is -0.183. The Morgan fingerprint density at radius 1 is 1.22 bits per heavy atom. The minimum atomic E-state index is -4.49. The van der Waals surface area contributed by atoms with Crippen LogP contribution in [0.3, 0.4) is 0 Å². The highest BCUT2D eigenvalue weighted by atomic mass is 19.4. The first-order valence-electron chi connectivity index (χ1n) is 7.28. The van der Waals surface area contributed by atoms with E-state index in [-0.39, 0.29) is 29.7 Å². The second-order valence-electron chi connectivity index (χ2n) is 5.52. The minimum absolute atomic E-state index is 0.000449. The van der Waals surface area contributed by atoms with E-state index in [1.807, 2.05) is 0 Å². The van der Waals surface area contributed by atoms with Crippen LogP contribution in [-0.4, -0.2) is 29.6 Å². The smallest absolute Gasteiger partial charge is 0.408 e. The first-order chi connectivity index (χ1) is 10.9. The molecule has 7 heteroatoms. The second kappa shape index (κ2) is 5.72. The molecule has 3 rings (SSSR count). The van der Waals surface area contributed by atoms with Gasteiger partial charge >= 0.3 is 6.18 Å². The molecule has 0 bridgehead atoms. The van der Waals surface area contributed by atoms with Crippen LogP contribution in [0.15, 0.2) is 39.5 Å². The Hall–Kier alpha value is -2.31. The Bertz CT molecular complexity index is 797. The average molecular weight is 325 g/mol. The van der Waals surface area contributed by atoms with Crippen molar-refractivity contribution in [2.45, 2.75) is 31.5 Å². The fourth-order valence-electron chi connectivity index (χ4n) is 2.87. The molecule has 1 amide bonds. The van der Waals surface area contributed by atoms with E-state index in [0.717, 1.165) is 11.0 Å². The molecule has 1 atom stereocenters. The number of hydrogen-bond acceptors (Lipinski definition) is 3. The molecule has 0 N–H and O–H groups in total. The molecule has 1 unspecified atom stereocenters. The highest BCUT2D eigenvalue weighted by molar-refractivity contribution is 5.93. The van der Waals surface area contributed by atoms with Gasteiger partial charge in [-0.3, -0.25) is 9.59 Å². The molecule has 23 heavy (non-hydrogen) atoms. The fraction of sp³-hybridized carbons (Fsp3) is 0.375. The van der Waals surface area contributed by atoms with Crippen LogP contribution >= 0.6 is 0 Å². The molecule has 1 aromatic carbocycles. The van der Waals surface area contributed by atoms with Crippen molar-refractivity contribution in [1.82, 2.24) is 4.90 Å². The number of halogens is 3. The maximum atomic E-state index is 13.1. The number of alkyl halides is 3. The Kier molecular flexibility index (Phi) is 3.87. The number of amides is 1. The molecule has 4 nitrogen and oxygen atoms in total. The van der Waals surface area contributed by atoms with E-state index in [2.05, 4.69) is 0 Å². The highest BCUT2D eigenvalue weighted by Crippen LogP contribution is 2.32. The molecule has 0 aliphatic carbocycles. The molecule has 0 saturated carbocycles. The van der Waals surface area contributed by atoms with E-state index in [1.54, 1.807) is 12.1 Å². The molecule has 1 aliphatic heterocycles. The maximum Gasteiger partial charge on any atom is 0.408 e. The normalized spacial score (nSPS) is 19.1. The molecular weight excluding hydrogens is 311 g/mol. The fourth-order valence-corrected chi connectivity index (χ4v) is 2.87. The van der Waals surface area contributed by atoms with Crippen LogP contribution < -0.4 is 5.43 Å². The van der Waals surface area contributed by atoms with Crippen LogP contribution in [0.2, 0.25) is 0 Å². The van der Waals surface area contributed by atoms with Gasteiger partial charge < -0.3 is 9.32 Å². The Labute approximate surface area is 129 Å². The van der Waals surface area contributed by atoms with Crippen LogP contribution in [0.1, 0.15) is 29.8 Å². The van der Waals surface area contributed by atoms with Gasteiger partial charge in [0.15, 0.2) is 11.2 Å². The summed E-state index contributed by atoms with van der Waals surface area (Å²) in [7, 11) is 0.